The van der Waals surface area contributed by atoms with Gasteiger partial charge in [-0.25, -0.2) is 0 Å². The first-order valence-corrected chi connectivity index (χ1v) is 4.83. The third-order valence-electron chi connectivity index (χ3n) is 2.01. The first-order valence-electron chi connectivity index (χ1n) is 4.83. The van der Waals surface area contributed by atoms with E-state index in [0.29, 0.717) is 0 Å². The maximum absolute atomic E-state index is 9.99. The SMILES string of the molecule is N#CCCC(O)(CCC#N)COCCO. The van der Waals surface area contributed by atoms with Crippen LogP contribution in [0.5, 0.6) is 0 Å². The highest BCUT2D eigenvalue weighted by atomic mass is 16.5. The maximum Gasteiger partial charge on any atom is 0.0899 e. The molecule has 0 aliphatic heterocycles. The molecule has 0 aliphatic rings. The van der Waals surface area contributed by atoms with Crippen molar-refractivity contribution >= 4 is 0 Å². The van der Waals surface area contributed by atoms with Gasteiger partial charge in [-0.2, -0.15) is 10.5 Å². The molecule has 0 bridgehead atoms. The van der Waals surface area contributed by atoms with Crippen LogP contribution in [0.15, 0.2) is 0 Å². The Morgan fingerprint density at radius 2 is 1.67 bits per heavy atom. The second-order valence-corrected chi connectivity index (χ2v) is 3.32. The Bertz CT molecular complexity index is 224. The van der Waals surface area contributed by atoms with E-state index >= 15 is 0 Å². The number of aliphatic hydroxyl groups excluding tert-OH is 1. The zero-order valence-electron chi connectivity index (χ0n) is 8.65. The average molecular weight is 212 g/mol. The van der Waals surface area contributed by atoms with Crippen LogP contribution in [-0.2, 0) is 4.74 Å². The second kappa shape index (κ2) is 8.19. The number of aliphatic hydroxyl groups is 2. The van der Waals surface area contributed by atoms with Gasteiger partial charge >= 0.3 is 0 Å². The van der Waals surface area contributed by atoms with Gasteiger partial charge in [0.05, 0.1) is 37.6 Å². The van der Waals surface area contributed by atoms with E-state index in [9.17, 15) is 5.11 Å². The van der Waals surface area contributed by atoms with Gasteiger partial charge in [0.15, 0.2) is 0 Å². The van der Waals surface area contributed by atoms with Crippen molar-refractivity contribution in [2.45, 2.75) is 31.3 Å². The zero-order chi connectivity index (χ0) is 11.6. The Hall–Kier alpha value is -1.14. The van der Waals surface area contributed by atoms with Gasteiger partial charge < -0.3 is 14.9 Å². The average Bonchev–Trinajstić information content (AvgIpc) is 2.24. The molecule has 0 fully saturated rings. The third-order valence-corrected chi connectivity index (χ3v) is 2.01. The summed E-state index contributed by atoms with van der Waals surface area (Å²) in [5.74, 6) is 0. The molecular weight excluding hydrogens is 196 g/mol. The van der Waals surface area contributed by atoms with Crippen LogP contribution < -0.4 is 0 Å². The molecule has 0 aromatic carbocycles. The lowest BCUT2D eigenvalue weighted by atomic mass is 9.93. The minimum absolute atomic E-state index is 0.0525. The molecule has 0 saturated heterocycles. The molecule has 0 spiro atoms. The fourth-order valence-corrected chi connectivity index (χ4v) is 1.17. The lowest BCUT2D eigenvalue weighted by Gasteiger charge is -2.26. The number of hydrogen-bond donors (Lipinski definition) is 2. The van der Waals surface area contributed by atoms with Crippen LogP contribution in [0.2, 0.25) is 0 Å². The monoisotopic (exact) mass is 212 g/mol. The summed E-state index contributed by atoms with van der Waals surface area (Å²) in [7, 11) is 0. The van der Waals surface area contributed by atoms with Crippen LogP contribution in [0.4, 0.5) is 0 Å². The van der Waals surface area contributed by atoms with E-state index in [0.717, 1.165) is 0 Å². The van der Waals surface area contributed by atoms with E-state index < -0.39 is 5.60 Å². The molecule has 0 radical (unpaired) electrons. The summed E-state index contributed by atoms with van der Waals surface area (Å²) in [4.78, 5) is 0. The summed E-state index contributed by atoms with van der Waals surface area (Å²) in [6.07, 6.45) is 1.03. The van der Waals surface area contributed by atoms with Crippen LogP contribution in [0, 0.1) is 22.7 Å². The third kappa shape index (κ3) is 6.87. The Labute approximate surface area is 89.5 Å². The van der Waals surface area contributed by atoms with Crippen LogP contribution in [0.25, 0.3) is 0 Å². The van der Waals surface area contributed by atoms with Crippen molar-refractivity contribution in [3.8, 4) is 12.1 Å². The topological polar surface area (TPSA) is 97.3 Å². The Morgan fingerprint density at radius 3 is 2.07 bits per heavy atom. The van der Waals surface area contributed by atoms with E-state index in [4.69, 9.17) is 20.4 Å². The predicted molar refractivity (Wildman–Crippen MR) is 52.5 cm³/mol. The van der Waals surface area contributed by atoms with Gasteiger partial charge in [-0.3, -0.25) is 0 Å². The molecule has 0 unspecified atom stereocenters. The summed E-state index contributed by atoms with van der Waals surface area (Å²) >= 11 is 0. The number of hydrogen-bond acceptors (Lipinski definition) is 5. The highest BCUT2D eigenvalue weighted by Gasteiger charge is 2.26. The molecule has 0 aromatic rings. The summed E-state index contributed by atoms with van der Waals surface area (Å²) in [5, 5.41) is 35.3. The molecule has 84 valence electrons. The normalized spacial score (nSPS) is 10.7. The van der Waals surface area contributed by atoms with Gasteiger partial charge in [-0.05, 0) is 12.8 Å². The largest absolute Gasteiger partial charge is 0.394 e. The lowest BCUT2D eigenvalue weighted by Crippen LogP contribution is -2.34. The van der Waals surface area contributed by atoms with E-state index in [1.54, 1.807) is 0 Å². The van der Waals surface area contributed by atoms with Crippen LogP contribution in [0.3, 0.4) is 0 Å². The minimum atomic E-state index is -1.12. The van der Waals surface area contributed by atoms with E-state index in [-0.39, 0.29) is 45.5 Å². The molecular formula is C10H16N2O3. The molecule has 0 saturated carbocycles. The molecule has 0 aliphatic carbocycles. The number of ether oxygens (including phenoxy) is 1. The second-order valence-electron chi connectivity index (χ2n) is 3.32. The quantitative estimate of drug-likeness (QED) is 0.565. The lowest BCUT2D eigenvalue weighted by molar-refractivity contribution is -0.0608. The van der Waals surface area contributed by atoms with Gasteiger partial charge in [0.1, 0.15) is 0 Å². The predicted octanol–water partition coefficient (Wildman–Crippen LogP) is 0.334. The molecule has 5 heteroatoms. The van der Waals surface area contributed by atoms with Crippen molar-refractivity contribution in [1.82, 2.24) is 0 Å². The highest BCUT2D eigenvalue weighted by molar-refractivity contribution is 4.86. The molecule has 15 heavy (non-hydrogen) atoms. The molecule has 0 rings (SSSR count). The summed E-state index contributed by atoms with van der Waals surface area (Å²) < 4.78 is 5.02. The zero-order valence-corrected chi connectivity index (χ0v) is 8.65. The highest BCUT2D eigenvalue weighted by Crippen LogP contribution is 2.19. The van der Waals surface area contributed by atoms with Crippen LogP contribution in [-0.4, -0.2) is 35.6 Å². The molecule has 2 N–H and O–H groups in total. The number of rotatable bonds is 8. The smallest absolute Gasteiger partial charge is 0.0899 e. The molecule has 0 aromatic heterocycles. The molecule has 0 heterocycles. The first kappa shape index (κ1) is 13.9. The summed E-state index contributed by atoms with van der Waals surface area (Å²) in [6, 6.07) is 3.88. The fourth-order valence-electron chi connectivity index (χ4n) is 1.17. The van der Waals surface area contributed by atoms with E-state index in [1.807, 2.05) is 12.1 Å². The summed E-state index contributed by atoms with van der Waals surface area (Å²) in [6.45, 7) is 0.102. The maximum atomic E-state index is 9.99. The van der Waals surface area contributed by atoms with Crippen LogP contribution >= 0.6 is 0 Å². The molecule has 0 amide bonds. The molecule has 5 nitrogen and oxygen atoms in total. The van der Waals surface area contributed by atoms with Gasteiger partial charge in [-0.15, -0.1) is 0 Å². The van der Waals surface area contributed by atoms with Crippen molar-refractivity contribution < 1.29 is 14.9 Å². The fraction of sp³-hybridized carbons (Fsp3) is 0.800. The van der Waals surface area contributed by atoms with Crippen molar-refractivity contribution in [2.75, 3.05) is 19.8 Å². The van der Waals surface area contributed by atoms with E-state index in [1.165, 1.54) is 0 Å². The van der Waals surface area contributed by atoms with Gasteiger partial charge in [-0.1, -0.05) is 0 Å². The molecule has 0 atom stereocenters. The number of nitriles is 2. The Kier molecular flexibility index (Phi) is 7.57. The van der Waals surface area contributed by atoms with E-state index in [2.05, 4.69) is 0 Å². The van der Waals surface area contributed by atoms with Gasteiger partial charge in [0.2, 0.25) is 0 Å². The van der Waals surface area contributed by atoms with Gasteiger partial charge in [0, 0.05) is 12.8 Å². The van der Waals surface area contributed by atoms with Crippen molar-refractivity contribution in [1.29, 1.82) is 10.5 Å². The first-order chi connectivity index (χ1) is 7.18. The Morgan fingerprint density at radius 1 is 1.13 bits per heavy atom. The standard InChI is InChI=1S/C10H16N2O3/c11-5-1-3-10(14,4-2-6-12)9-15-8-7-13/h13-14H,1-4,7-9H2. The number of nitrogens with zero attached hydrogens (tertiary/aromatic N) is 2. The summed E-state index contributed by atoms with van der Waals surface area (Å²) in [5.41, 5.74) is -1.12. The van der Waals surface area contributed by atoms with Crippen LogP contribution in [0.1, 0.15) is 25.7 Å². The van der Waals surface area contributed by atoms with Gasteiger partial charge in [0.25, 0.3) is 0 Å². The van der Waals surface area contributed by atoms with Crippen molar-refractivity contribution in [3.63, 3.8) is 0 Å². The van der Waals surface area contributed by atoms with Crippen molar-refractivity contribution in [3.05, 3.63) is 0 Å². The van der Waals surface area contributed by atoms with Crippen molar-refractivity contribution in [2.24, 2.45) is 0 Å². The Balaban J connectivity index is 4.03. The minimum Gasteiger partial charge on any atom is -0.394 e.